The summed E-state index contributed by atoms with van der Waals surface area (Å²) < 4.78 is 2.21. The fourth-order valence-corrected chi connectivity index (χ4v) is 2.29. The summed E-state index contributed by atoms with van der Waals surface area (Å²) in [6.07, 6.45) is 0. The lowest BCUT2D eigenvalue weighted by Crippen LogP contribution is -2.39. The van der Waals surface area contributed by atoms with Crippen LogP contribution in [0.15, 0.2) is 6.07 Å². The summed E-state index contributed by atoms with van der Waals surface area (Å²) in [5, 5.41) is 3.25. The number of Topliss-reactive ketones (excluding diaryl/α,β-unsaturated/α-hetero) is 1. The SMILES string of the molecule is Cc1cc(C(=O)CNC(C)(C)C)c(C)n1C(C)C. The van der Waals surface area contributed by atoms with E-state index in [0.717, 1.165) is 17.0 Å². The van der Waals surface area contributed by atoms with Gasteiger partial charge in [0, 0.05) is 28.5 Å². The molecule has 1 aromatic rings. The highest BCUT2D eigenvalue weighted by Crippen LogP contribution is 2.20. The first kappa shape index (κ1) is 15.0. The van der Waals surface area contributed by atoms with Gasteiger partial charge < -0.3 is 9.88 Å². The molecule has 102 valence electrons. The highest BCUT2D eigenvalue weighted by atomic mass is 16.1. The van der Waals surface area contributed by atoms with E-state index >= 15 is 0 Å². The maximum Gasteiger partial charge on any atom is 0.178 e. The predicted molar refractivity (Wildman–Crippen MR) is 76.4 cm³/mol. The molecule has 3 nitrogen and oxygen atoms in total. The Morgan fingerprint density at radius 2 is 1.89 bits per heavy atom. The highest BCUT2D eigenvalue weighted by molar-refractivity contribution is 5.99. The Hall–Kier alpha value is -1.09. The van der Waals surface area contributed by atoms with E-state index in [4.69, 9.17) is 0 Å². The molecule has 1 aromatic heterocycles. The van der Waals surface area contributed by atoms with Crippen molar-refractivity contribution in [3.63, 3.8) is 0 Å². The van der Waals surface area contributed by atoms with Crippen LogP contribution < -0.4 is 5.32 Å². The molecule has 0 spiro atoms. The molecule has 1 rings (SSSR count). The third kappa shape index (κ3) is 3.45. The molecular formula is C15H26N2O. The maximum atomic E-state index is 12.2. The van der Waals surface area contributed by atoms with E-state index in [1.807, 2.05) is 13.0 Å². The Labute approximate surface area is 111 Å². The van der Waals surface area contributed by atoms with E-state index < -0.39 is 0 Å². The van der Waals surface area contributed by atoms with Crippen LogP contribution in [0.2, 0.25) is 0 Å². The zero-order chi connectivity index (χ0) is 14.1. The molecule has 0 amide bonds. The van der Waals surface area contributed by atoms with Crippen molar-refractivity contribution in [1.29, 1.82) is 0 Å². The second-order valence-electron chi connectivity index (χ2n) is 6.28. The first-order valence-electron chi connectivity index (χ1n) is 6.60. The number of aryl methyl sites for hydroxylation is 1. The van der Waals surface area contributed by atoms with Crippen molar-refractivity contribution in [2.24, 2.45) is 0 Å². The Kier molecular flexibility index (Phi) is 4.38. The number of nitrogens with one attached hydrogen (secondary N) is 1. The zero-order valence-corrected chi connectivity index (χ0v) is 12.7. The Balaban J connectivity index is 2.91. The van der Waals surface area contributed by atoms with E-state index in [9.17, 15) is 4.79 Å². The lowest BCUT2D eigenvalue weighted by atomic mass is 10.1. The third-order valence-corrected chi connectivity index (χ3v) is 3.08. The number of carbonyl (C=O) groups excluding carboxylic acids is 1. The van der Waals surface area contributed by atoms with E-state index in [2.05, 4.69) is 51.4 Å². The Morgan fingerprint density at radius 3 is 2.28 bits per heavy atom. The summed E-state index contributed by atoms with van der Waals surface area (Å²) in [5.41, 5.74) is 3.04. The summed E-state index contributed by atoms with van der Waals surface area (Å²) in [6.45, 7) is 15.0. The fraction of sp³-hybridized carbons (Fsp3) is 0.667. The predicted octanol–water partition coefficient (Wildman–Crippen LogP) is 3.26. The van der Waals surface area contributed by atoms with Crippen LogP contribution in [0.3, 0.4) is 0 Å². The molecule has 0 bridgehead atoms. The minimum absolute atomic E-state index is 0.0285. The average molecular weight is 250 g/mol. The minimum atomic E-state index is -0.0285. The number of aromatic nitrogens is 1. The van der Waals surface area contributed by atoms with E-state index in [0.29, 0.717) is 12.6 Å². The van der Waals surface area contributed by atoms with Crippen molar-refractivity contribution in [2.45, 2.75) is 60.0 Å². The third-order valence-electron chi connectivity index (χ3n) is 3.08. The largest absolute Gasteiger partial charge is 0.346 e. The van der Waals surface area contributed by atoms with Gasteiger partial charge in [-0.05, 0) is 54.5 Å². The highest BCUT2D eigenvalue weighted by Gasteiger charge is 2.18. The first-order chi connectivity index (χ1) is 8.13. The molecule has 1 heterocycles. The van der Waals surface area contributed by atoms with Crippen LogP contribution in [-0.4, -0.2) is 22.4 Å². The molecule has 0 fully saturated rings. The van der Waals surface area contributed by atoms with Crippen LogP contribution in [-0.2, 0) is 0 Å². The number of hydrogen-bond donors (Lipinski definition) is 1. The van der Waals surface area contributed by atoms with Gasteiger partial charge in [0.05, 0.1) is 6.54 Å². The molecule has 0 unspecified atom stereocenters. The van der Waals surface area contributed by atoms with Gasteiger partial charge in [0.2, 0.25) is 0 Å². The molecule has 1 N–H and O–H groups in total. The summed E-state index contributed by atoms with van der Waals surface area (Å²) in [4.78, 5) is 12.2. The van der Waals surface area contributed by atoms with E-state index in [1.165, 1.54) is 0 Å². The average Bonchev–Trinajstić information content (AvgIpc) is 2.49. The van der Waals surface area contributed by atoms with Crippen LogP contribution in [0.4, 0.5) is 0 Å². The summed E-state index contributed by atoms with van der Waals surface area (Å²) in [5.74, 6) is 0.171. The molecule has 0 radical (unpaired) electrons. The normalized spacial score (nSPS) is 12.2. The molecule has 0 aliphatic rings. The second kappa shape index (κ2) is 5.27. The number of nitrogens with zero attached hydrogens (tertiary/aromatic N) is 1. The van der Waals surface area contributed by atoms with Crippen LogP contribution in [0.1, 0.15) is 62.4 Å². The minimum Gasteiger partial charge on any atom is -0.346 e. The second-order valence-corrected chi connectivity index (χ2v) is 6.28. The van der Waals surface area contributed by atoms with Crippen LogP contribution >= 0.6 is 0 Å². The monoisotopic (exact) mass is 250 g/mol. The van der Waals surface area contributed by atoms with Crippen molar-refractivity contribution in [2.75, 3.05) is 6.54 Å². The first-order valence-corrected chi connectivity index (χ1v) is 6.60. The Morgan fingerprint density at radius 1 is 1.33 bits per heavy atom. The van der Waals surface area contributed by atoms with Crippen LogP contribution in [0, 0.1) is 13.8 Å². The van der Waals surface area contributed by atoms with Crippen LogP contribution in [0.25, 0.3) is 0 Å². The topological polar surface area (TPSA) is 34.0 Å². The molecule has 0 atom stereocenters. The van der Waals surface area contributed by atoms with Gasteiger partial charge in [0.25, 0.3) is 0 Å². The van der Waals surface area contributed by atoms with Gasteiger partial charge in [-0.1, -0.05) is 0 Å². The molecular weight excluding hydrogens is 224 g/mol. The number of rotatable bonds is 4. The van der Waals surface area contributed by atoms with Crippen molar-refractivity contribution in [3.05, 3.63) is 23.0 Å². The smallest absolute Gasteiger partial charge is 0.178 e. The van der Waals surface area contributed by atoms with E-state index in [-0.39, 0.29) is 11.3 Å². The number of hydrogen-bond acceptors (Lipinski definition) is 2. The number of ketones is 1. The van der Waals surface area contributed by atoms with Gasteiger partial charge in [-0.3, -0.25) is 4.79 Å². The molecule has 18 heavy (non-hydrogen) atoms. The van der Waals surface area contributed by atoms with Gasteiger partial charge in [-0.25, -0.2) is 0 Å². The number of carbonyl (C=O) groups is 1. The molecule has 0 aliphatic heterocycles. The van der Waals surface area contributed by atoms with Gasteiger partial charge in [0.1, 0.15) is 0 Å². The zero-order valence-electron chi connectivity index (χ0n) is 12.7. The van der Waals surface area contributed by atoms with Crippen molar-refractivity contribution in [1.82, 2.24) is 9.88 Å². The van der Waals surface area contributed by atoms with Gasteiger partial charge >= 0.3 is 0 Å². The van der Waals surface area contributed by atoms with E-state index in [1.54, 1.807) is 0 Å². The summed E-state index contributed by atoms with van der Waals surface area (Å²) in [7, 11) is 0. The van der Waals surface area contributed by atoms with Gasteiger partial charge in [0.15, 0.2) is 5.78 Å². The lowest BCUT2D eigenvalue weighted by molar-refractivity contribution is 0.0981. The van der Waals surface area contributed by atoms with Crippen molar-refractivity contribution < 1.29 is 4.79 Å². The van der Waals surface area contributed by atoms with Crippen molar-refractivity contribution >= 4 is 5.78 Å². The fourth-order valence-electron chi connectivity index (χ4n) is 2.29. The summed E-state index contributed by atoms with van der Waals surface area (Å²) >= 11 is 0. The summed E-state index contributed by atoms with van der Waals surface area (Å²) in [6, 6.07) is 2.39. The van der Waals surface area contributed by atoms with Gasteiger partial charge in [-0.2, -0.15) is 0 Å². The van der Waals surface area contributed by atoms with Gasteiger partial charge in [-0.15, -0.1) is 0 Å². The molecule has 0 saturated carbocycles. The molecule has 3 heteroatoms. The maximum absolute atomic E-state index is 12.2. The lowest BCUT2D eigenvalue weighted by Gasteiger charge is -2.20. The van der Waals surface area contributed by atoms with Crippen LogP contribution in [0.5, 0.6) is 0 Å². The molecule has 0 aliphatic carbocycles. The van der Waals surface area contributed by atoms with Crippen molar-refractivity contribution in [3.8, 4) is 0 Å². The quantitative estimate of drug-likeness (QED) is 0.832. The molecule has 0 saturated heterocycles. The Bertz CT molecular complexity index is 436. The molecule has 0 aromatic carbocycles. The standard InChI is InChI=1S/C15H26N2O/c1-10(2)17-11(3)8-13(12(17)4)14(18)9-16-15(5,6)7/h8,10,16H,9H2,1-7H3.